The second-order valence-corrected chi connectivity index (χ2v) is 7.41. The van der Waals surface area contributed by atoms with Gasteiger partial charge in [-0.05, 0) is 52.0 Å². The Balaban J connectivity index is 2.03. The Bertz CT molecular complexity index is 656. The number of rotatable bonds is 5. The molecule has 1 saturated heterocycles. The Morgan fingerprint density at radius 1 is 1.23 bits per heavy atom. The summed E-state index contributed by atoms with van der Waals surface area (Å²) >= 11 is 0. The normalized spacial score (nSPS) is 20.2. The van der Waals surface area contributed by atoms with E-state index in [-0.39, 0.29) is 6.42 Å². The zero-order valence-corrected chi connectivity index (χ0v) is 15.2. The Hall–Kier alpha value is -2.44. The topological polar surface area (TPSA) is 72.9 Å². The molecule has 2 rings (SSSR count). The van der Waals surface area contributed by atoms with Crippen molar-refractivity contribution < 1.29 is 28.6 Å². The highest BCUT2D eigenvalue weighted by molar-refractivity contribution is 6.00. The molecule has 142 valence electrons. The highest BCUT2D eigenvalue weighted by atomic mass is 19.3. The molecule has 2 atom stereocenters. The monoisotopic (exact) mass is 365 g/mol. The largest absolute Gasteiger partial charge is 0.443 e. The van der Waals surface area contributed by atoms with Gasteiger partial charge in [-0.25, -0.2) is 14.5 Å². The van der Waals surface area contributed by atoms with E-state index in [2.05, 4.69) is 4.94 Å². The number of nitrogens with zero attached hydrogens (tertiary/aromatic N) is 1. The molecule has 0 radical (unpaired) electrons. The first kappa shape index (κ1) is 19.9. The van der Waals surface area contributed by atoms with Crippen molar-refractivity contribution in [3.8, 4) is 0 Å². The first-order valence-corrected chi connectivity index (χ1v) is 8.65. The lowest BCUT2D eigenvalue weighted by Gasteiger charge is -2.25. The van der Waals surface area contributed by atoms with Gasteiger partial charge < -0.3 is 4.74 Å². The molecule has 0 aliphatic carbocycles. The van der Waals surface area contributed by atoms with Gasteiger partial charge in [-0.15, -0.1) is 0 Å². The van der Waals surface area contributed by atoms with Crippen LogP contribution >= 0.6 is 0 Å². The second kappa shape index (κ2) is 8.29. The molecule has 1 unspecified atom stereocenters. The molecule has 7 heteroatoms. The number of hydrogen-bond acceptors (Lipinski definition) is 5. The average Bonchev–Trinajstić information content (AvgIpc) is 2.90. The Labute approximate surface area is 152 Å². The SMILES string of the molecule is CC(C)(C)OC(=O)N1C(=O)[C@H](CCCc2ccccc2)CC1C(=O)OF. The lowest BCUT2D eigenvalue weighted by molar-refractivity contribution is -0.189. The van der Waals surface area contributed by atoms with Gasteiger partial charge in [0, 0.05) is 10.4 Å². The van der Waals surface area contributed by atoms with Gasteiger partial charge in [0.2, 0.25) is 5.91 Å². The van der Waals surface area contributed by atoms with E-state index in [1.807, 2.05) is 30.3 Å². The summed E-state index contributed by atoms with van der Waals surface area (Å²) < 4.78 is 17.6. The molecular formula is C19H24FNO5. The molecule has 1 aliphatic rings. The molecule has 0 saturated carbocycles. The van der Waals surface area contributed by atoms with Crippen LogP contribution in [0.5, 0.6) is 0 Å². The van der Waals surface area contributed by atoms with Crippen LogP contribution in [0.2, 0.25) is 0 Å². The molecular weight excluding hydrogens is 341 g/mol. The molecule has 1 fully saturated rings. The molecule has 1 aliphatic heterocycles. The number of ether oxygens (including phenoxy) is 1. The first-order chi connectivity index (χ1) is 12.2. The van der Waals surface area contributed by atoms with Gasteiger partial charge >= 0.3 is 12.1 Å². The number of aryl methyl sites for hydroxylation is 1. The number of carbonyl (C=O) groups excluding carboxylic acids is 3. The van der Waals surface area contributed by atoms with Crippen LogP contribution in [0.1, 0.15) is 45.6 Å². The maximum atomic E-state index is 12.6. The van der Waals surface area contributed by atoms with Crippen molar-refractivity contribution in [2.75, 3.05) is 0 Å². The van der Waals surface area contributed by atoms with E-state index in [1.54, 1.807) is 20.8 Å². The molecule has 0 N–H and O–H groups in total. The van der Waals surface area contributed by atoms with Crippen molar-refractivity contribution in [2.45, 2.75) is 58.1 Å². The molecule has 1 aromatic rings. The fourth-order valence-corrected chi connectivity index (χ4v) is 3.05. The summed E-state index contributed by atoms with van der Waals surface area (Å²) in [6.45, 7) is 4.93. The summed E-state index contributed by atoms with van der Waals surface area (Å²) in [6, 6.07) is 8.50. The zero-order chi connectivity index (χ0) is 19.3. The number of imide groups is 1. The minimum atomic E-state index is -1.29. The van der Waals surface area contributed by atoms with Crippen molar-refractivity contribution in [3.05, 3.63) is 35.9 Å². The molecule has 0 spiro atoms. The maximum Gasteiger partial charge on any atom is 0.417 e. The van der Waals surface area contributed by atoms with E-state index < -0.39 is 35.5 Å². The van der Waals surface area contributed by atoms with Gasteiger partial charge in [0.15, 0.2) is 0 Å². The zero-order valence-electron chi connectivity index (χ0n) is 15.2. The van der Waals surface area contributed by atoms with Crippen LogP contribution in [0.15, 0.2) is 30.3 Å². The van der Waals surface area contributed by atoms with E-state index in [9.17, 15) is 18.9 Å². The van der Waals surface area contributed by atoms with E-state index in [0.717, 1.165) is 12.0 Å². The fraction of sp³-hybridized carbons (Fsp3) is 0.526. The van der Waals surface area contributed by atoms with E-state index in [0.29, 0.717) is 17.7 Å². The molecule has 26 heavy (non-hydrogen) atoms. The van der Waals surface area contributed by atoms with Crippen LogP contribution in [-0.4, -0.2) is 34.5 Å². The third-order valence-corrected chi connectivity index (χ3v) is 4.21. The number of hydrogen-bond donors (Lipinski definition) is 0. The lowest BCUT2D eigenvalue weighted by Crippen LogP contribution is -2.46. The van der Waals surface area contributed by atoms with E-state index >= 15 is 0 Å². The maximum absolute atomic E-state index is 12.6. The van der Waals surface area contributed by atoms with Crippen molar-refractivity contribution >= 4 is 18.0 Å². The Morgan fingerprint density at radius 2 is 1.88 bits per heavy atom. The summed E-state index contributed by atoms with van der Waals surface area (Å²) in [4.78, 5) is 40.5. The molecule has 6 nitrogen and oxygen atoms in total. The van der Waals surface area contributed by atoms with Crippen LogP contribution in [0, 0.1) is 5.92 Å². The Morgan fingerprint density at radius 3 is 2.46 bits per heavy atom. The van der Waals surface area contributed by atoms with Crippen molar-refractivity contribution in [1.82, 2.24) is 4.90 Å². The van der Waals surface area contributed by atoms with Crippen LogP contribution in [0.4, 0.5) is 9.32 Å². The number of likely N-dealkylation sites (tertiary alicyclic amines) is 1. The van der Waals surface area contributed by atoms with Crippen LogP contribution in [0.3, 0.4) is 0 Å². The smallest absolute Gasteiger partial charge is 0.417 e. The number of benzene rings is 1. The standard InChI is InChI=1S/C19H24FNO5/c1-19(2,3)25-18(24)21-15(17(23)26-20)12-14(16(21)22)11-7-10-13-8-5-4-6-9-13/h4-6,8-9,14-15H,7,10-12H2,1-3H3/t14-,15?/m1/s1. The fourth-order valence-electron chi connectivity index (χ4n) is 3.05. The predicted molar refractivity (Wildman–Crippen MR) is 91.6 cm³/mol. The second-order valence-electron chi connectivity index (χ2n) is 7.41. The lowest BCUT2D eigenvalue weighted by atomic mass is 9.96. The van der Waals surface area contributed by atoms with Gasteiger partial charge in [-0.3, -0.25) is 9.74 Å². The van der Waals surface area contributed by atoms with Crippen molar-refractivity contribution in [1.29, 1.82) is 0 Å². The minimum Gasteiger partial charge on any atom is -0.443 e. The summed E-state index contributed by atoms with van der Waals surface area (Å²) in [5.74, 6) is -2.33. The number of carbonyl (C=O) groups is 3. The van der Waals surface area contributed by atoms with Crippen molar-refractivity contribution in [2.24, 2.45) is 5.92 Å². The van der Waals surface area contributed by atoms with Gasteiger partial charge in [0.1, 0.15) is 11.6 Å². The molecule has 2 amide bonds. The molecule has 1 aromatic carbocycles. The summed E-state index contributed by atoms with van der Waals surface area (Å²) in [7, 11) is 0. The highest BCUT2D eigenvalue weighted by Gasteiger charge is 2.49. The molecule has 1 heterocycles. The molecule has 0 bridgehead atoms. The third-order valence-electron chi connectivity index (χ3n) is 4.21. The van der Waals surface area contributed by atoms with E-state index in [4.69, 9.17) is 4.74 Å². The predicted octanol–water partition coefficient (Wildman–Crippen LogP) is 3.59. The van der Waals surface area contributed by atoms with Gasteiger partial charge in [-0.1, -0.05) is 30.3 Å². The average molecular weight is 365 g/mol. The van der Waals surface area contributed by atoms with Crippen LogP contribution in [0.25, 0.3) is 0 Å². The van der Waals surface area contributed by atoms with Gasteiger partial charge in [0.05, 0.1) is 0 Å². The van der Waals surface area contributed by atoms with Crippen LogP contribution in [-0.2, 0) is 25.7 Å². The minimum absolute atomic E-state index is 0.0373. The summed E-state index contributed by atoms with van der Waals surface area (Å²) in [5.41, 5.74) is 0.300. The third kappa shape index (κ3) is 5.03. The first-order valence-electron chi connectivity index (χ1n) is 8.65. The van der Waals surface area contributed by atoms with Crippen LogP contribution < -0.4 is 0 Å². The summed E-state index contributed by atoms with van der Waals surface area (Å²) in [5, 5.41) is 0. The van der Waals surface area contributed by atoms with Gasteiger partial charge in [-0.2, -0.15) is 0 Å². The number of halogens is 1. The van der Waals surface area contributed by atoms with E-state index in [1.165, 1.54) is 0 Å². The Kier molecular flexibility index (Phi) is 6.34. The summed E-state index contributed by atoms with van der Waals surface area (Å²) in [6.07, 6.45) is 1.05. The highest BCUT2D eigenvalue weighted by Crippen LogP contribution is 2.31. The number of amides is 2. The van der Waals surface area contributed by atoms with Crippen molar-refractivity contribution in [3.63, 3.8) is 0 Å². The molecule has 0 aromatic heterocycles. The van der Waals surface area contributed by atoms with Gasteiger partial charge in [0.25, 0.3) is 0 Å². The quantitative estimate of drug-likeness (QED) is 0.797.